The number of allylic oxidation sites excluding steroid dienone is 8. The molecule has 12 rings (SSSR count). The monoisotopic (exact) mass is 795 g/mol. The fraction of sp³-hybridized carbons (Fsp3) is 0.0862. The van der Waals surface area contributed by atoms with Crippen LogP contribution in [0.1, 0.15) is 36.0 Å². The molecule has 4 heteroatoms. The largest absolute Gasteiger partial charge is 0.461 e. The third-order valence-electron chi connectivity index (χ3n) is 13.1. The van der Waals surface area contributed by atoms with E-state index in [2.05, 4.69) is 194 Å². The van der Waals surface area contributed by atoms with Gasteiger partial charge in [-0.15, -0.1) is 0 Å². The highest BCUT2D eigenvalue weighted by atomic mass is 16.5. The minimum absolute atomic E-state index is 0.193. The number of hydrogen-bond donors (Lipinski definition) is 0. The number of ether oxygens (including phenoxy) is 1. The van der Waals surface area contributed by atoms with Crippen LogP contribution in [-0.4, -0.2) is 15.0 Å². The van der Waals surface area contributed by atoms with E-state index in [1.807, 2.05) is 12.1 Å². The molecule has 1 aromatic heterocycles. The van der Waals surface area contributed by atoms with E-state index in [0.29, 0.717) is 17.5 Å². The van der Waals surface area contributed by atoms with Gasteiger partial charge in [-0.2, -0.15) is 0 Å². The Bertz CT molecular complexity index is 3080. The summed E-state index contributed by atoms with van der Waals surface area (Å²) >= 11 is 0. The van der Waals surface area contributed by atoms with Crippen molar-refractivity contribution in [3.05, 3.63) is 234 Å². The van der Waals surface area contributed by atoms with Crippen molar-refractivity contribution in [2.24, 2.45) is 5.92 Å². The summed E-state index contributed by atoms with van der Waals surface area (Å²) in [5.74, 6) is 4.03. The Morgan fingerprint density at radius 3 is 1.71 bits per heavy atom. The van der Waals surface area contributed by atoms with E-state index < -0.39 is 0 Å². The van der Waals surface area contributed by atoms with Crippen molar-refractivity contribution in [2.45, 2.75) is 24.7 Å². The average molecular weight is 796 g/mol. The molecule has 294 valence electrons. The molecule has 0 N–H and O–H groups in total. The van der Waals surface area contributed by atoms with Crippen molar-refractivity contribution in [3.63, 3.8) is 0 Å². The number of benzene rings is 7. The van der Waals surface area contributed by atoms with Crippen molar-refractivity contribution >= 4 is 5.57 Å². The highest BCUT2D eigenvalue weighted by molar-refractivity contribution is 5.88. The van der Waals surface area contributed by atoms with Crippen LogP contribution in [-0.2, 0) is 5.41 Å². The Kier molecular flexibility index (Phi) is 8.63. The van der Waals surface area contributed by atoms with Gasteiger partial charge in [-0.1, -0.05) is 182 Å². The molecule has 4 nitrogen and oxygen atoms in total. The molecule has 62 heavy (non-hydrogen) atoms. The molecule has 3 aliphatic carbocycles. The lowest BCUT2D eigenvalue weighted by Gasteiger charge is -2.47. The number of nitrogens with zero attached hydrogens (tertiary/aromatic N) is 3. The molecule has 1 spiro atoms. The maximum Gasteiger partial charge on any atom is 0.164 e. The molecule has 1 aliphatic heterocycles. The Morgan fingerprint density at radius 1 is 0.468 bits per heavy atom. The van der Waals surface area contributed by atoms with Gasteiger partial charge in [0.1, 0.15) is 11.5 Å². The van der Waals surface area contributed by atoms with Gasteiger partial charge in [-0.3, -0.25) is 0 Å². The molecule has 0 radical (unpaired) electrons. The first-order chi connectivity index (χ1) is 30.7. The van der Waals surface area contributed by atoms with Crippen LogP contribution in [0.15, 0.2) is 218 Å². The predicted molar refractivity (Wildman–Crippen MR) is 251 cm³/mol. The normalized spacial score (nSPS) is 18.1. The Morgan fingerprint density at radius 2 is 1.02 bits per heavy atom. The third kappa shape index (κ3) is 5.94. The molecule has 2 unspecified atom stereocenters. The Hall–Kier alpha value is -7.69. The summed E-state index contributed by atoms with van der Waals surface area (Å²) in [7, 11) is 0. The summed E-state index contributed by atoms with van der Waals surface area (Å²) in [6, 6.07) is 62.3. The lowest BCUT2D eigenvalue weighted by atomic mass is 9.59. The smallest absolute Gasteiger partial charge is 0.164 e. The van der Waals surface area contributed by atoms with Crippen LogP contribution in [0.4, 0.5) is 0 Å². The SMILES string of the molecule is C1=CCC2C(=C1)Oc1cc(-c3ccc(-c4nc(-c5cccc(-c6ccccc6)c5)nc(-c5cccc(-c6ccccc6)c5)n4)cc3)ccc1C21C2=C(CCC=C2)c2ccccc21. The van der Waals surface area contributed by atoms with E-state index in [0.717, 1.165) is 80.8 Å². The van der Waals surface area contributed by atoms with Crippen molar-refractivity contribution < 1.29 is 4.74 Å². The quantitative estimate of drug-likeness (QED) is 0.168. The molecule has 0 saturated heterocycles. The van der Waals surface area contributed by atoms with Crippen LogP contribution in [0.3, 0.4) is 0 Å². The van der Waals surface area contributed by atoms with Crippen LogP contribution < -0.4 is 4.74 Å². The van der Waals surface area contributed by atoms with Crippen molar-refractivity contribution in [1.29, 1.82) is 0 Å². The van der Waals surface area contributed by atoms with E-state index in [1.165, 1.54) is 27.8 Å². The van der Waals surface area contributed by atoms with Crippen LogP contribution >= 0.6 is 0 Å². The third-order valence-corrected chi connectivity index (χ3v) is 13.1. The fourth-order valence-electron chi connectivity index (χ4n) is 10.3. The first kappa shape index (κ1) is 36.2. The number of aromatic nitrogens is 3. The Labute approximate surface area is 362 Å². The highest BCUT2D eigenvalue weighted by Gasteiger charge is 2.55. The summed E-state index contributed by atoms with van der Waals surface area (Å²) in [4.78, 5) is 15.4. The first-order valence-electron chi connectivity index (χ1n) is 21.6. The number of rotatable bonds is 6. The maximum atomic E-state index is 6.89. The molecule has 0 bridgehead atoms. The van der Waals surface area contributed by atoms with Gasteiger partial charge in [0.05, 0.1) is 5.41 Å². The molecule has 2 heterocycles. The second-order valence-corrected chi connectivity index (χ2v) is 16.6. The van der Waals surface area contributed by atoms with Crippen LogP contribution in [0.2, 0.25) is 0 Å². The van der Waals surface area contributed by atoms with Crippen molar-refractivity contribution in [2.75, 3.05) is 0 Å². The molecular formula is C58H41N3O. The van der Waals surface area contributed by atoms with Gasteiger partial charge in [0.25, 0.3) is 0 Å². The summed E-state index contributed by atoms with van der Waals surface area (Å²) in [5, 5.41) is 0. The summed E-state index contributed by atoms with van der Waals surface area (Å²) in [5.41, 5.74) is 16.1. The molecular weight excluding hydrogens is 755 g/mol. The lowest BCUT2D eigenvalue weighted by Crippen LogP contribution is -2.42. The van der Waals surface area contributed by atoms with Crippen LogP contribution in [0.25, 0.3) is 73.1 Å². The number of hydrogen-bond acceptors (Lipinski definition) is 4. The Balaban J connectivity index is 0.946. The topological polar surface area (TPSA) is 47.9 Å². The molecule has 0 amide bonds. The van der Waals surface area contributed by atoms with Gasteiger partial charge in [0.2, 0.25) is 0 Å². The van der Waals surface area contributed by atoms with Crippen LogP contribution in [0, 0.1) is 5.92 Å². The fourth-order valence-corrected chi connectivity index (χ4v) is 10.3. The van der Waals surface area contributed by atoms with Crippen molar-refractivity contribution in [1.82, 2.24) is 15.0 Å². The minimum Gasteiger partial charge on any atom is -0.461 e. The van der Waals surface area contributed by atoms with Gasteiger partial charge >= 0.3 is 0 Å². The maximum absolute atomic E-state index is 6.89. The van der Waals surface area contributed by atoms with E-state index in [9.17, 15) is 0 Å². The van der Waals surface area contributed by atoms with E-state index >= 15 is 0 Å². The highest BCUT2D eigenvalue weighted by Crippen LogP contribution is 2.63. The van der Waals surface area contributed by atoms with Crippen LogP contribution in [0.5, 0.6) is 5.75 Å². The molecule has 0 saturated carbocycles. The van der Waals surface area contributed by atoms with Gasteiger partial charge in [-0.05, 0) is 99.2 Å². The van der Waals surface area contributed by atoms with Gasteiger partial charge in [0.15, 0.2) is 17.5 Å². The minimum atomic E-state index is -0.301. The first-order valence-corrected chi connectivity index (χ1v) is 21.6. The second kappa shape index (κ2) is 14.8. The number of fused-ring (bicyclic) bond motifs is 8. The zero-order valence-corrected chi connectivity index (χ0v) is 34.1. The summed E-state index contributed by atoms with van der Waals surface area (Å²) in [6.45, 7) is 0. The zero-order valence-electron chi connectivity index (χ0n) is 34.1. The van der Waals surface area contributed by atoms with Gasteiger partial charge in [-0.25, -0.2) is 15.0 Å². The molecule has 7 aromatic carbocycles. The second-order valence-electron chi connectivity index (χ2n) is 16.6. The predicted octanol–water partition coefficient (Wildman–Crippen LogP) is 14.1. The van der Waals surface area contributed by atoms with E-state index in [4.69, 9.17) is 19.7 Å². The average Bonchev–Trinajstić information content (AvgIpc) is 3.65. The molecule has 0 fully saturated rings. The molecule has 2 atom stereocenters. The lowest BCUT2D eigenvalue weighted by molar-refractivity contribution is 0.252. The zero-order chi connectivity index (χ0) is 41.0. The van der Waals surface area contributed by atoms with E-state index in [1.54, 1.807) is 0 Å². The van der Waals surface area contributed by atoms with Crippen molar-refractivity contribution in [3.8, 4) is 73.3 Å². The van der Waals surface area contributed by atoms with Gasteiger partial charge in [0, 0.05) is 28.2 Å². The molecule has 8 aromatic rings. The summed E-state index contributed by atoms with van der Waals surface area (Å²) in [6.07, 6.45) is 14.5. The van der Waals surface area contributed by atoms with E-state index in [-0.39, 0.29) is 11.3 Å². The molecule has 4 aliphatic rings. The summed E-state index contributed by atoms with van der Waals surface area (Å²) < 4.78 is 6.89. The standard InChI is InChI=1S/C58H41N3O/c1-3-15-38(16-4-1)42-19-13-21-45(35-42)56-59-55(60-57(61-56)46-22-14-20-43(36-46)39-17-5-2-6-18-39)41-31-29-40(30-32-41)44-33-34-52-54(37-44)62-53-28-12-11-27-51(53)58(52)49-25-9-7-23-47(49)48-24-8-10-26-50(48)58/h1-7,9-23,25-26,28-37,51H,8,24,27H2. The van der Waals surface area contributed by atoms with Gasteiger partial charge < -0.3 is 4.74 Å².